The van der Waals surface area contributed by atoms with Crippen LogP contribution < -0.4 is 5.73 Å². The van der Waals surface area contributed by atoms with E-state index < -0.39 is 16.4 Å². The molecule has 0 amide bonds. The third-order valence-corrected chi connectivity index (χ3v) is 13.3. The highest BCUT2D eigenvalue weighted by atomic mass is 16.6. The van der Waals surface area contributed by atoms with E-state index in [1.807, 2.05) is 0 Å². The molecule has 7 aliphatic rings. The van der Waals surface area contributed by atoms with Gasteiger partial charge in [-0.25, -0.2) is 4.79 Å². The van der Waals surface area contributed by atoms with Gasteiger partial charge in [-0.3, -0.25) is 4.79 Å². The van der Waals surface area contributed by atoms with E-state index in [0.717, 1.165) is 80.2 Å². The topological polar surface area (TPSA) is 78.6 Å². The number of hydrogen-bond acceptors (Lipinski definition) is 5. The van der Waals surface area contributed by atoms with Crippen molar-refractivity contribution in [2.24, 2.45) is 52.1 Å². The maximum atomic E-state index is 14.8. The Morgan fingerprint density at radius 2 is 1.98 bits per heavy atom. The van der Waals surface area contributed by atoms with Crippen LogP contribution in [-0.2, 0) is 26.3 Å². The van der Waals surface area contributed by atoms with Gasteiger partial charge in [0.1, 0.15) is 11.2 Å². The zero-order chi connectivity index (χ0) is 29.7. The molecule has 2 heterocycles. The molecule has 2 aliphatic heterocycles. The van der Waals surface area contributed by atoms with Crippen LogP contribution in [0, 0.1) is 46.3 Å². The number of hydrogen-bond donors (Lipinski definition) is 1. The number of nitrogens with two attached hydrogens (primary N) is 1. The molecular formula is C38H47NO4. The van der Waals surface area contributed by atoms with Crippen LogP contribution in [-0.4, -0.2) is 18.5 Å². The Balaban J connectivity index is 1.38. The van der Waals surface area contributed by atoms with Crippen molar-refractivity contribution in [3.05, 3.63) is 70.0 Å². The van der Waals surface area contributed by atoms with E-state index in [9.17, 15) is 9.59 Å². The summed E-state index contributed by atoms with van der Waals surface area (Å²) in [6, 6.07) is 6.28. The van der Waals surface area contributed by atoms with Crippen LogP contribution in [0.15, 0.2) is 53.3 Å². The Morgan fingerprint density at radius 3 is 2.77 bits per heavy atom. The monoisotopic (exact) mass is 581 g/mol. The van der Waals surface area contributed by atoms with Crippen LogP contribution in [0.3, 0.4) is 0 Å². The van der Waals surface area contributed by atoms with Gasteiger partial charge >= 0.3 is 11.9 Å². The minimum absolute atomic E-state index is 0.0742. The van der Waals surface area contributed by atoms with Crippen molar-refractivity contribution in [3.63, 3.8) is 0 Å². The summed E-state index contributed by atoms with van der Waals surface area (Å²) in [5.74, 6) is 3.42. The van der Waals surface area contributed by atoms with Crippen LogP contribution >= 0.6 is 0 Å². The molecule has 228 valence electrons. The molecule has 5 nitrogen and oxygen atoms in total. The summed E-state index contributed by atoms with van der Waals surface area (Å²) in [5, 5.41) is 0. The second-order valence-electron chi connectivity index (χ2n) is 14.7. The predicted molar refractivity (Wildman–Crippen MR) is 166 cm³/mol. The van der Waals surface area contributed by atoms with Crippen LogP contribution in [0.5, 0.6) is 0 Å². The van der Waals surface area contributed by atoms with Crippen molar-refractivity contribution >= 4 is 11.9 Å². The molecule has 5 aliphatic carbocycles. The second-order valence-corrected chi connectivity index (χ2v) is 14.7. The molecule has 1 aromatic rings. The minimum atomic E-state index is -0.886. The van der Waals surface area contributed by atoms with Gasteiger partial charge in [-0.1, -0.05) is 75.1 Å². The maximum Gasteiger partial charge on any atom is 0.339 e. The quantitative estimate of drug-likeness (QED) is 0.266. The van der Waals surface area contributed by atoms with Crippen LogP contribution in [0.25, 0.3) is 0 Å². The van der Waals surface area contributed by atoms with E-state index in [1.165, 1.54) is 24.0 Å². The number of carbonyl (C=O) groups excluding carboxylic acids is 2. The lowest BCUT2D eigenvalue weighted by Gasteiger charge is -2.72. The largest absolute Gasteiger partial charge is 0.449 e. The number of carbonyl (C=O) groups is 2. The van der Waals surface area contributed by atoms with Gasteiger partial charge in [0.15, 0.2) is 5.60 Å². The Bertz CT molecular complexity index is 1490. The number of fused-ring (bicyclic) bond motifs is 4. The Kier molecular flexibility index (Phi) is 6.26. The number of cyclic esters (lactones) is 1. The number of aryl methyl sites for hydroxylation is 1. The number of unbranched alkanes of at least 4 members (excludes halogenated alkanes) is 1. The van der Waals surface area contributed by atoms with Gasteiger partial charge in [0, 0.05) is 17.4 Å². The molecule has 8 rings (SSSR count). The lowest BCUT2D eigenvalue weighted by atomic mass is 9.28. The molecule has 43 heavy (non-hydrogen) atoms. The number of esters is 2. The predicted octanol–water partition coefficient (Wildman–Crippen LogP) is 7.55. The van der Waals surface area contributed by atoms with E-state index in [2.05, 4.69) is 57.2 Å². The SMILES string of the molecule is CCCC=C1OC(=O)[C@@]23C4=C(CC[C@@]12[C@@]1(OC(=O)c2c(CCCN)cccc21)[C@H]3CCC)[C@@H]1C=C[C@@H]2CC[C@H](C4)[C@@H]1[C@H]2C. The normalized spacial score (nSPS) is 42.3. The highest BCUT2D eigenvalue weighted by Gasteiger charge is 2.92. The van der Waals surface area contributed by atoms with Gasteiger partial charge in [0.05, 0.1) is 11.0 Å². The first-order valence-corrected chi connectivity index (χ1v) is 17.3. The van der Waals surface area contributed by atoms with Crippen molar-refractivity contribution in [2.75, 3.05) is 6.54 Å². The first-order chi connectivity index (χ1) is 20.9. The summed E-state index contributed by atoms with van der Waals surface area (Å²) in [7, 11) is 0. The fourth-order valence-electron chi connectivity index (χ4n) is 11.9. The molecule has 9 atom stereocenters. The molecule has 2 N–H and O–H groups in total. The van der Waals surface area contributed by atoms with Gasteiger partial charge in [0.2, 0.25) is 0 Å². The van der Waals surface area contributed by atoms with Crippen molar-refractivity contribution < 1.29 is 19.1 Å². The van der Waals surface area contributed by atoms with Crippen LogP contribution in [0.2, 0.25) is 0 Å². The molecule has 2 bridgehead atoms. The molecule has 1 saturated heterocycles. The third kappa shape index (κ3) is 3.09. The number of rotatable bonds is 7. The molecule has 0 unspecified atom stereocenters. The molecule has 3 fully saturated rings. The fourth-order valence-corrected chi connectivity index (χ4v) is 11.9. The summed E-state index contributed by atoms with van der Waals surface area (Å²) in [6.07, 6.45) is 17.5. The van der Waals surface area contributed by atoms with E-state index in [-0.39, 0.29) is 17.9 Å². The van der Waals surface area contributed by atoms with Crippen molar-refractivity contribution in [2.45, 2.75) is 97.0 Å². The molecule has 0 aromatic heterocycles. The van der Waals surface area contributed by atoms with Crippen molar-refractivity contribution in [1.29, 1.82) is 0 Å². The molecule has 0 radical (unpaired) electrons. The number of benzene rings is 1. The smallest absolute Gasteiger partial charge is 0.339 e. The van der Waals surface area contributed by atoms with Gasteiger partial charge < -0.3 is 15.2 Å². The average molecular weight is 582 g/mol. The van der Waals surface area contributed by atoms with E-state index >= 15 is 0 Å². The molecule has 1 aromatic carbocycles. The Hall–Kier alpha value is -2.66. The summed E-state index contributed by atoms with van der Waals surface area (Å²) in [5.41, 5.74) is 9.19. The minimum Gasteiger partial charge on any atom is -0.449 e. The first kappa shape index (κ1) is 27.9. The third-order valence-electron chi connectivity index (χ3n) is 13.3. The average Bonchev–Trinajstić information content (AvgIpc) is 3.45. The highest BCUT2D eigenvalue weighted by molar-refractivity contribution is 6.00. The number of ether oxygens (including phenoxy) is 2. The summed E-state index contributed by atoms with van der Waals surface area (Å²) in [6.45, 7) is 7.42. The molecule has 1 spiro atoms. The summed E-state index contributed by atoms with van der Waals surface area (Å²) in [4.78, 5) is 28.9. The lowest BCUT2D eigenvalue weighted by Crippen LogP contribution is -2.77. The van der Waals surface area contributed by atoms with Gasteiger partial charge in [-0.15, -0.1) is 0 Å². The van der Waals surface area contributed by atoms with Gasteiger partial charge in [-0.2, -0.15) is 0 Å². The zero-order valence-electron chi connectivity index (χ0n) is 26.1. The van der Waals surface area contributed by atoms with Crippen molar-refractivity contribution in [1.82, 2.24) is 0 Å². The van der Waals surface area contributed by atoms with E-state index in [1.54, 1.807) is 0 Å². The fraction of sp³-hybridized carbons (Fsp3) is 0.632. The highest BCUT2D eigenvalue weighted by Crippen LogP contribution is 2.87. The molecule has 2 saturated carbocycles. The number of allylic oxidation sites excluding steroid dienone is 4. The van der Waals surface area contributed by atoms with Gasteiger partial charge in [0.25, 0.3) is 0 Å². The summed E-state index contributed by atoms with van der Waals surface area (Å²) >= 11 is 0. The van der Waals surface area contributed by atoms with Crippen molar-refractivity contribution in [3.8, 4) is 0 Å². The molecular weight excluding hydrogens is 534 g/mol. The first-order valence-electron chi connectivity index (χ1n) is 17.3. The van der Waals surface area contributed by atoms with E-state index in [4.69, 9.17) is 15.2 Å². The standard InChI is InChI=1S/C38H47NO4/c1-4-6-13-31-36-19-18-26-27-17-16-23-14-15-25(32(27)22(23)3)21-29(26)37(36,35(41)42-31)30(9-5-2)38(36)28-12-7-10-24(11-8-20-39)33(28)34(40)43-38/h7,10,12-13,16-17,22-23,25,27,30,32H,4-6,8-9,11,14-15,18-21,39H2,1-3H3/t22-,23-,25+,27-,30-,32-,36+,37-,38-/m0/s1. The lowest BCUT2D eigenvalue weighted by molar-refractivity contribution is -0.278. The Morgan fingerprint density at radius 1 is 1.12 bits per heavy atom. The summed E-state index contributed by atoms with van der Waals surface area (Å²) < 4.78 is 13.4. The van der Waals surface area contributed by atoms with E-state index in [0.29, 0.717) is 36.1 Å². The second kappa shape index (κ2) is 9.67. The van der Waals surface area contributed by atoms with Gasteiger partial charge in [-0.05, 0) is 99.6 Å². The maximum absolute atomic E-state index is 14.8. The molecule has 5 heteroatoms. The van der Waals surface area contributed by atoms with Crippen LogP contribution in [0.4, 0.5) is 0 Å². The van der Waals surface area contributed by atoms with Crippen LogP contribution in [0.1, 0.15) is 106 Å². The zero-order valence-corrected chi connectivity index (χ0v) is 26.1. The Labute approximate surface area is 256 Å².